The van der Waals surface area contributed by atoms with Gasteiger partial charge in [-0.2, -0.15) is 0 Å². The predicted octanol–water partition coefficient (Wildman–Crippen LogP) is 1.23. The van der Waals surface area contributed by atoms with Crippen LogP contribution in [0.3, 0.4) is 0 Å². The van der Waals surface area contributed by atoms with Crippen molar-refractivity contribution in [3.63, 3.8) is 0 Å². The minimum Gasteiger partial charge on any atom is -0.367 e. The summed E-state index contributed by atoms with van der Waals surface area (Å²) in [5.41, 5.74) is 6.93. The van der Waals surface area contributed by atoms with E-state index < -0.39 is 0 Å². The number of rotatable bonds is 5. The molecule has 0 atom stereocenters. The molecule has 1 aromatic rings. The first-order chi connectivity index (χ1) is 6.14. The molecule has 0 spiro atoms. The van der Waals surface area contributed by atoms with E-state index in [0.29, 0.717) is 0 Å². The van der Waals surface area contributed by atoms with Crippen LogP contribution in [0.25, 0.3) is 0 Å². The van der Waals surface area contributed by atoms with Crippen LogP contribution in [-0.2, 0) is 6.54 Å². The van der Waals surface area contributed by atoms with E-state index in [1.165, 1.54) is 5.56 Å². The molecule has 3 heteroatoms. The fraction of sp³-hybridized carbons (Fsp3) is 0.600. The molecule has 0 aliphatic heterocycles. The molecule has 0 unspecified atom stereocenters. The standard InChI is InChI=1S/C10H19N3/c1-10(2,4-5-11)13-8-9-3-6-12-7-9/h3,6-7,12-13H,4-5,8,11H2,1-2H3. The number of nitrogens with one attached hydrogen (secondary N) is 2. The van der Waals surface area contributed by atoms with Gasteiger partial charge >= 0.3 is 0 Å². The fourth-order valence-corrected chi connectivity index (χ4v) is 1.26. The number of hydrogen-bond donors (Lipinski definition) is 3. The Kier molecular flexibility index (Phi) is 3.51. The molecule has 13 heavy (non-hydrogen) atoms. The second-order valence-electron chi connectivity index (χ2n) is 4.00. The molecule has 1 heterocycles. The Morgan fingerprint density at radius 2 is 2.31 bits per heavy atom. The van der Waals surface area contributed by atoms with Gasteiger partial charge in [0.15, 0.2) is 0 Å². The topological polar surface area (TPSA) is 53.8 Å². The normalized spacial score (nSPS) is 11.9. The lowest BCUT2D eigenvalue weighted by Crippen LogP contribution is -2.40. The third-order valence-electron chi connectivity index (χ3n) is 2.20. The second kappa shape index (κ2) is 4.44. The van der Waals surface area contributed by atoms with E-state index in [4.69, 9.17) is 5.73 Å². The lowest BCUT2D eigenvalue weighted by molar-refractivity contribution is 0.365. The highest BCUT2D eigenvalue weighted by molar-refractivity contribution is 5.08. The SMILES string of the molecule is CC(C)(CCN)NCc1cc[nH]c1. The van der Waals surface area contributed by atoms with Crippen molar-refractivity contribution in [2.24, 2.45) is 5.73 Å². The highest BCUT2D eigenvalue weighted by Gasteiger charge is 2.14. The zero-order valence-electron chi connectivity index (χ0n) is 8.43. The molecule has 0 bridgehead atoms. The van der Waals surface area contributed by atoms with Gasteiger partial charge in [-0.05, 0) is 38.4 Å². The quantitative estimate of drug-likeness (QED) is 0.640. The lowest BCUT2D eigenvalue weighted by atomic mass is 10.0. The van der Waals surface area contributed by atoms with Crippen molar-refractivity contribution >= 4 is 0 Å². The van der Waals surface area contributed by atoms with Gasteiger partial charge < -0.3 is 16.0 Å². The maximum atomic E-state index is 5.52. The number of H-pyrrole nitrogens is 1. The van der Waals surface area contributed by atoms with Crippen molar-refractivity contribution in [2.75, 3.05) is 6.54 Å². The van der Waals surface area contributed by atoms with Gasteiger partial charge in [-0.15, -0.1) is 0 Å². The molecule has 1 aromatic heterocycles. The van der Waals surface area contributed by atoms with Crippen LogP contribution in [0.1, 0.15) is 25.8 Å². The summed E-state index contributed by atoms with van der Waals surface area (Å²) in [4.78, 5) is 3.03. The van der Waals surface area contributed by atoms with Gasteiger partial charge in [0.05, 0.1) is 0 Å². The van der Waals surface area contributed by atoms with Gasteiger partial charge in [-0.3, -0.25) is 0 Å². The van der Waals surface area contributed by atoms with E-state index in [1.54, 1.807) is 0 Å². The smallest absolute Gasteiger partial charge is 0.0225 e. The fourth-order valence-electron chi connectivity index (χ4n) is 1.26. The minimum atomic E-state index is 0.131. The van der Waals surface area contributed by atoms with Crippen LogP contribution in [0, 0.1) is 0 Å². The van der Waals surface area contributed by atoms with E-state index in [9.17, 15) is 0 Å². The molecule has 74 valence electrons. The van der Waals surface area contributed by atoms with Gasteiger partial charge in [0.25, 0.3) is 0 Å². The molecule has 0 saturated heterocycles. The highest BCUT2D eigenvalue weighted by atomic mass is 15.0. The Labute approximate surface area is 79.7 Å². The third kappa shape index (κ3) is 3.61. The Morgan fingerprint density at radius 1 is 1.54 bits per heavy atom. The van der Waals surface area contributed by atoms with E-state index in [0.717, 1.165) is 19.5 Å². The number of aromatic nitrogens is 1. The van der Waals surface area contributed by atoms with Crippen LogP contribution in [0.4, 0.5) is 0 Å². The molecule has 0 aliphatic rings. The first kappa shape index (κ1) is 10.3. The molecular weight excluding hydrogens is 162 g/mol. The largest absolute Gasteiger partial charge is 0.367 e. The summed E-state index contributed by atoms with van der Waals surface area (Å²) >= 11 is 0. The van der Waals surface area contributed by atoms with E-state index in [-0.39, 0.29) is 5.54 Å². The van der Waals surface area contributed by atoms with Crippen molar-refractivity contribution < 1.29 is 0 Å². The van der Waals surface area contributed by atoms with Gasteiger partial charge in [-0.25, -0.2) is 0 Å². The van der Waals surface area contributed by atoms with Crippen LogP contribution in [-0.4, -0.2) is 17.1 Å². The summed E-state index contributed by atoms with van der Waals surface area (Å²) in [6.45, 7) is 5.97. The average Bonchev–Trinajstić information content (AvgIpc) is 2.52. The Morgan fingerprint density at radius 3 is 2.85 bits per heavy atom. The zero-order chi connectivity index (χ0) is 9.73. The minimum absolute atomic E-state index is 0.131. The van der Waals surface area contributed by atoms with Crippen LogP contribution in [0.15, 0.2) is 18.5 Å². The summed E-state index contributed by atoms with van der Waals surface area (Å²) in [7, 11) is 0. The molecule has 0 saturated carbocycles. The van der Waals surface area contributed by atoms with Crippen LogP contribution < -0.4 is 11.1 Å². The van der Waals surface area contributed by atoms with Crippen molar-refractivity contribution in [2.45, 2.75) is 32.4 Å². The maximum Gasteiger partial charge on any atom is 0.0225 e. The molecule has 0 amide bonds. The first-order valence-corrected chi connectivity index (χ1v) is 4.71. The molecule has 0 radical (unpaired) electrons. The van der Waals surface area contributed by atoms with Gasteiger partial charge in [0, 0.05) is 24.5 Å². The lowest BCUT2D eigenvalue weighted by Gasteiger charge is -2.25. The number of hydrogen-bond acceptors (Lipinski definition) is 2. The molecule has 4 N–H and O–H groups in total. The van der Waals surface area contributed by atoms with Crippen molar-refractivity contribution in [3.8, 4) is 0 Å². The second-order valence-corrected chi connectivity index (χ2v) is 4.00. The highest BCUT2D eigenvalue weighted by Crippen LogP contribution is 2.08. The van der Waals surface area contributed by atoms with E-state index in [2.05, 4.69) is 30.2 Å². The summed E-state index contributed by atoms with van der Waals surface area (Å²) in [5.74, 6) is 0. The molecule has 1 rings (SSSR count). The van der Waals surface area contributed by atoms with Gasteiger partial charge in [0.2, 0.25) is 0 Å². The molecule has 0 aliphatic carbocycles. The summed E-state index contributed by atoms with van der Waals surface area (Å²) in [6, 6.07) is 2.07. The summed E-state index contributed by atoms with van der Waals surface area (Å²) < 4.78 is 0. The monoisotopic (exact) mass is 181 g/mol. The molecular formula is C10H19N3. The molecule has 0 aromatic carbocycles. The molecule has 3 nitrogen and oxygen atoms in total. The summed E-state index contributed by atoms with van der Waals surface area (Å²) in [5, 5.41) is 3.46. The molecule has 0 fully saturated rings. The van der Waals surface area contributed by atoms with Crippen molar-refractivity contribution in [1.82, 2.24) is 10.3 Å². The predicted molar refractivity (Wildman–Crippen MR) is 55.4 cm³/mol. The average molecular weight is 181 g/mol. The number of aromatic amines is 1. The summed E-state index contributed by atoms with van der Waals surface area (Å²) in [6.07, 6.45) is 4.94. The third-order valence-corrected chi connectivity index (χ3v) is 2.20. The zero-order valence-corrected chi connectivity index (χ0v) is 8.43. The van der Waals surface area contributed by atoms with E-state index >= 15 is 0 Å². The van der Waals surface area contributed by atoms with Crippen molar-refractivity contribution in [1.29, 1.82) is 0 Å². The van der Waals surface area contributed by atoms with Crippen LogP contribution >= 0.6 is 0 Å². The maximum absolute atomic E-state index is 5.52. The first-order valence-electron chi connectivity index (χ1n) is 4.71. The Hall–Kier alpha value is -0.800. The van der Waals surface area contributed by atoms with Gasteiger partial charge in [-0.1, -0.05) is 0 Å². The van der Waals surface area contributed by atoms with E-state index in [1.807, 2.05) is 12.4 Å². The van der Waals surface area contributed by atoms with Crippen LogP contribution in [0.5, 0.6) is 0 Å². The number of nitrogens with two attached hydrogens (primary N) is 1. The van der Waals surface area contributed by atoms with Crippen molar-refractivity contribution in [3.05, 3.63) is 24.0 Å². The van der Waals surface area contributed by atoms with Crippen LogP contribution in [0.2, 0.25) is 0 Å². The Balaban J connectivity index is 2.33. The Bertz CT molecular complexity index is 226. The van der Waals surface area contributed by atoms with Gasteiger partial charge in [0.1, 0.15) is 0 Å².